The summed E-state index contributed by atoms with van der Waals surface area (Å²) in [7, 11) is 3.34. The van der Waals surface area contributed by atoms with Crippen LogP contribution in [-0.4, -0.2) is 61.7 Å². The molecule has 1 aliphatic heterocycles. The third-order valence-corrected chi connectivity index (χ3v) is 7.60. The molecule has 186 valence electrons. The number of likely N-dealkylation sites (N-methyl/N-ethyl adjacent to an activating group) is 1. The summed E-state index contributed by atoms with van der Waals surface area (Å²) in [4.78, 5) is 42.7. The van der Waals surface area contributed by atoms with E-state index in [0.29, 0.717) is 22.9 Å². The Kier molecular flexibility index (Phi) is 8.33. The summed E-state index contributed by atoms with van der Waals surface area (Å²) < 4.78 is 5.91. The number of para-hydroxylation sites is 2. The molecule has 1 atom stereocenters. The van der Waals surface area contributed by atoms with Gasteiger partial charge in [0.1, 0.15) is 5.75 Å². The Morgan fingerprint density at radius 2 is 1.74 bits per heavy atom. The number of nitrogens with one attached hydrogen (secondary N) is 1. The summed E-state index contributed by atoms with van der Waals surface area (Å²) >= 11 is 1.36. The number of carbonyl (C=O) groups is 3. The minimum atomic E-state index is -0.783. The molecule has 0 radical (unpaired) electrons. The van der Waals surface area contributed by atoms with Crippen molar-refractivity contribution in [3.8, 4) is 5.75 Å². The highest BCUT2D eigenvalue weighted by molar-refractivity contribution is 8.00. The predicted molar refractivity (Wildman–Crippen MR) is 138 cm³/mol. The van der Waals surface area contributed by atoms with Crippen LogP contribution in [0, 0.1) is 5.92 Å². The minimum Gasteiger partial charge on any atom is -0.476 e. The number of nitrogens with zero attached hydrogens (tertiary/aromatic N) is 2. The highest BCUT2D eigenvalue weighted by atomic mass is 32.2. The van der Waals surface area contributed by atoms with Crippen molar-refractivity contribution in [3.05, 3.63) is 54.1 Å². The van der Waals surface area contributed by atoms with E-state index in [1.807, 2.05) is 36.4 Å². The number of carbonyl (C=O) groups excluding carboxylic acids is 3. The highest BCUT2D eigenvalue weighted by Gasteiger charge is 2.35. The first-order valence-electron chi connectivity index (χ1n) is 12.2. The zero-order valence-corrected chi connectivity index (χ0v) is 21.2. The van der Waals surface area contributed by atoms with Gasteiger partial charge < -0.3 is 19.9 Å². The maximum absolute atomic E-state index is 13.7. The van der Waals surface area contributed by atoms with E-state index in [9.17, 15) is 14.4 Å². The average molecular weight is 496 g/mol. The maximum Gasteiger partial charge on any atom is 0.265 e. The van der Waals surface area contributed by atoms with Crippen LogP contribution < -0.4 is 15.0 Å². The lowest BCUT2D eigenvalue weighted by atomic mass is 9.89. The number of hydrogen-bond acceptors (Lipinski definition) is 5. The fraction of sp³-hybridized carbons (Fsp3) is 0.444. The van der Waals surface area contributed by atoms with E-state index in [4.69, 9.17) is 4.74 Å². The van der Waals surface area contributed by atoms with Gasteiger partial charge in [-0.1, -0.05) is 43.5 Å². The van der Waals surface area contributed by atoms with Crippen molar-refractivity contribution in [2.24, 2.45) is 5.92 Å². The van der Waals surface area contributed by atoms with Crippen LogP contribution in [0.1, 0.15) is 42.5 Å². The van der Waals surface area contributed by atoms with Gasteiger partial charge in [0.05, 0.1) is 23.5 Å². The van der Waals surface area contributed by atoms with Crippen LogP contribution in [0.2, 0.25) is 0 Å². The number of amides is 3. The maximum atomic E-state index is 13.7. The number of hydrogen-bond donors (Lipinski definition) is 1. The van der Waals surface area contributed by atoms with Gasteiger partial charge in [0.2, 0.25) is 5.91 Å². The summed E-state index contributed by atoms with van der Waals surface area (Å²) in [5.74, 6) is 0.887. The van der Waals surface area contributed by atoms with Crippen molar-refractivity contribution in [2.75, 3.05) is 37.8 Å². The van der Waals surface area contributed by atoms with Gasteiger partial charge in [-0.3, -0.25) is 14.4 Å². The number of fused-ring (bicyclic) bond motifs is 1. The molecule has 8 heteroatoms. The molecule has 3 amide bonds. The molecular weight excluding hydrogens is 462 g/mol. The molecule has 0 bridgehead atoms. The number of thioether (sulfide) groups is 1. The van der Waals surface area contributed by atoms with Crippen LogP contribution in [0.4, 0.5) is 5.69 Å². The van der Waals surface area contributed by atoms with Crippen molar-refractivity contribution in [1.82, 2.24) is 10.2 Å². The fourth-order valence-corrected chi connectivity index (χ4v) is 5.48. The Hall–Kier alpha value is -3.00. The standard InChI is InChI=1S/C27H33N3O4S/c1-29(2)27(33)23-17-30(21-13-7-8-14-22(21)34-23)26(32)20-12-6-9-15-24(20)35-18-25(31)28-16-19-10-4-3-5-11-19/h6-9,12-15,19,23H,3-5,10-11,16-18H2,1-2H3,(H,28,31). The van der Waals surface area contributed by atoms with Crippen LogP contribution in [0.15, 0.2) is 53.4 Å². The molecule has 1 N–H and O–H groups in total. The van der Waals surface area contributed by atoms with Crippen molar-refractivity contribution in [1.29, 1.82) is 0 Å². The van der Waals surface area contributed by atoms with E-state index in [1.54, 1.807) is 31.1 Å². The van der Waals surface area contributed by atoms with E-state index in [-0.39, 0.29) is 30.0 Å². The number of ether oxygens (including phenoxy) is 1. The molecule has 0 saturated heterocycles. The molecule has 0 aromatic heterocycles. The Balaban J connectivity index is 1.46. The van der Waals surface area contributed by atoms with E-state index in [2.05, 4.69) is 5.32 Å². The molecule has 2 aromatic rings. The number of anilines is 1. The van der Waals surface area contributed by atoms with Crippen molar-refractivity contribution in [2.45, 2.75) is 43.1 Å². The first-order chi connectivity index (χ1) is 16.9. The SMILES string of the molecule is CN(C)C(=O)C1CN(C(=O)c2ccccc2SCC(=O)NCC2CCCCC2)c2ccccc2O1. The van der Waals surface area contributed by atoms with Crippen molar-refractivity contribution in [3.63, 3.8) is 0 Å². The largest absolute Gasteiger partial charge is 0.476 e. The molecule has 1 fully saturated rings. The third-order valence-electron chi connectivity index (χ3n) is 6.52. The second-order valence-electron chi connectivity index (χ2n) is 9.32. The summed E-state index contributed by atoms with van der Waals surface area (Å²) in [6.45, 7) is 0.847. The van der Waals surface area contributed by atoms with Crippen LogP contribution in [0.25, 0.3) is 0 Å². The topological polar surface area (TPSA) is 79.0 Å². The normalized spacial score (nSPS) is 17.8. The molecule has 1 aliphatic carbocycles. The molecule has 4 rings (SSSR count). The lowest BCUT2D eigenvalue weighted by molar-refractivity contribution is -0.135. The molecule has 2 aliphatic rings. The quantitative estimate of drug-likeness (QED) is 0.588. The second kappa shape index (κ2) is 11.6. The Bertz CT molecular complexity index is 1070. The van der Waals surface area contributed by atoms with E-state index in [0.717, 1.165) is 11.4 Å². The van der Waals surface area contributed by atoms with Gasteiger partial charge in [0.25, 0.3) is 11.8 Å². The summed E-state index contributed by atoms with van der Waals surface area (Å²) in [6, 6.07) is 14.6. The van der Waals surface area contributed by atoms with Crippen molar-refractivity contribution < 1.29 is 19.1 Å². The van der Waals surface area contributed by atoms with Gasteiger partial charge in [-0.25, -0.2) is 0 Å². The van der Waals surface area contributed by atoms with E-state index >= 15 is 0 Å². The van der Waals surface area contributed by atoms with Crippen LogP contribution >= 0.6 is 11.8 Å². The van der Waals surface area contributed by atoms with Crippen LogP contribution in [0.3, 0.4) is 0 Å². The average Bonchev–Trinajstić information content (AvgIpc) is 2.90. The molecule has 2 aromatic carbocycles. The third kappa shape index (κ3) is 6.17. The van der Waals surface area contributed by atoms with Gasteiger partial charge in [0.15, 0.2) is 6.10 Å². The van der Waals surface area contributed by atoms with Gasteiger partial charge in [-0.05, 0) is 43.0 Å². The van der Waals surface area contributed by atoms with Crippen LogP contribution in [0.5, 0.6) is 5.75 Å². The van der Waals surface area contributed by atoms with Crippen LogP contribution in [-0.2, 0) is 9.59 Å². The fourth-order valence-electron chi connectivity index (χ4n) is 4.60. The van der Waals surface area contributed by atoms with Gasteiger partial charge in [0, 0.05) is 25.5 Å². The first-order valence-corrected chi connectivity index (χ1v) is 13.2. The molecule has 7 nitrogen and oxygen atoms in total. The molecule has 35 heavy (non-hydrogen) atoms. The van der Waals surface area contributed by atoms with E-state index < -0.39 is 6.10 Å². The monoisotopic (exact) mass is 495 g/mol. The summed E-state index contributed by atoms with van der Waals surface area (Å²) in [5, 5.41) is 3.06. The molecule has 1 saturated carbocycles. The van der Waals surface area contributed by atoms with E-state index in [1.165, 1.54) is 48.8 Å². The molecular formula is C27H33N3O4S. The second-order valence-corrected chi connectivity index (χ2v) is 10.3. The molecule has 1 unspecified atom stereocenters. The highest BCUT2D eigenvalue weighted by Crippen LogP contribution is 2.35. The molecule has 1 heterocycles. The van der Waals surface area contributed by atoms with Gasteiger partial charge in [-0.15, -0.1) is 11.8 Å². The number of rotatable bonds is 7. The van der Waals surface area contributed by atoms with Gasteiger partial charge >= 0.3 is 0 Å². The Morgan fingerprint density at radius 1 is 1.03 bits per heavy atom. The smallest absolute Gasteiger partial charge is 0.265 e. The molecule has 0 spiro atoms. The Labute approximate surface area is 211 Å². The summed E-state index contributed by atoms with van der Waals surface area (Å²) in [6.07, 6.45) is 5.37. The minimum absolute atomic E-state index is 0.0174. The summed E-state index contributed by atoms with van der Waals surface area (Å²) in [5.41, 5.74) is 1.13. The lowest BCUT2D eigenvalue weighted by Crippen LogP contribution is -2.50. The predicted octanol–water partition coefficient (Wildman–Crippen LogP) is 3.97. The van der Waals surface area contributed by atoms with Crippen molar-refractivity contribution >= 4 is 35.2 Å². The van der Waals surface area contributed by atoms with Gasteiger partial charge in [-0.2, -0.15) is 0 Å². The Morgan fingerprint density at radius 3 is 2.51 bits per heavy atom. The zero-order chi connectivity index (χ0) is 24.8. The lowest BCUT2D eigenvalue weighted by Gasteiger charge is -2.35. The first kappa shape index (κ1) is 25.1. The zero-order valence-electron chi connectivity index (χ0n) is 20.4. The number of benzene rings is 2.